The van der Waals surface area contributed by atoms with Crippen LogP contribution in [-0.4, -0.2) is 41.8 Å². The number of aromatic nitrogens is 2. The Morgan fingerprint density at radius 2 is 2.00 bits per heavy atom. The molecule has 2 aromatic rings. The van der Waals surface area contributed by atoms with Gasteiger partial charge in [0.15, 0.2) is 17.1 Å². The Morgan fingerprint density at radius 3 is 2.62 bits per heavy atom. The van der Waals surface area contributed by atoms with Crippen molar-refractivity contribution in [3.05, 3.63) is 46.3 Å². The maximum Gasteiger partial charge on any atom is 0.326 e. The number of nitrogens with zero attached hydrogens (tertiary/aromatic N) is 3. The lowest BCUT2D eigenvalue weighted by Gasteiger charge is -2.18. The van der Waals surface area contributed by atoms with Gasteiger partial charge in [0.2, 0.25) is 0 Å². The minimum absolute atomic E-state index is 0.0594. The fraction of sp³-hybridized carbons (Fsp3) is 0.250. The first-order chi connectivity index (χ1) is 12.3. The maximum atomic E-state index is 13.7. The number of ether oxygens (including phenoxy) is 1. The Hall–Kier alpha value is -2.45. The number of esters is 1. The molecule has 1 atom stereocenters. The van der Waals surface area contributed by atoms with Crippen molar-refractivity contribution < 1.29 is 18.7 Å². The van der Waals surface area contributed by atoms with Crippen molar-refractivity contribution in [3.8, 4) is 0 Å². The zero-order chi connectivity index (χ0) is 19.3. The van der Waals surface area contributed by atoms with E-state index >= 15 is 0 Å². The summed E-state index contributed by atoms with van der Waals surface area (Å²) in [4.78, 5) is 25.5. The summed E-state index contributed by atoms with van der Waals surface area (Å²) in [6.07, 6.45) is -1.12. The number of carbonyl (C=O) groups is 2. The summed E-state index contributed by atoms with van der Waals surface area (Å²) >= 11 is 11.3. The lowest BCUT2D eigenvalue weighted by molar-refractivity contribution is -0.151. The highest BCUT2D eigenvalue weighted by Crippen LogP contribution is 2.19. The largest absolute Gasteiger partial charge is 0.451 e. The molecule has 0 spiro atoms. The molecule has 0 aliphatic rings. The van der Waals surface area contributed by atoms with Crippen LogP contribution in [0.2, 0.25) is 10.2 Å². The second-order valence-corrected chi connectivity index (χ2v) is 6.14. The maximum absolute atomic E-state index is 13.7. The van der Waals surface area contributed by atoms with Crippen LogP contribution in [0.25, 0.3) is 0 Å². The summed E-state index contributed by atoms with van der Waals surface area (Å²) in [5.41, 5.74) is -0.0594. The van der Waals surface area contributed by atoms with Crippen LogP contribution in [0.5, 0.6) is 0 Å². The molecule has 0 aliphatic heterocycles. The Morgan fingerprint density at radius 1 is 1.27 bits per heavy atom. The van der Waals surface area contributed by atoms with E-state index < -0.39 is 23.8 Å². The number of benzene rings is 1. The standard InChI is InChI=1S/C16H15Cl2FN4O3/c1-9(16(25)20-12-4-3-10(17)7-11(12)19)26-15(24)8-23(2)14-6-5-13(18)21-22-14/h3-7,9H,8H2,1-2H3,(H,20,25). The molecule has 0 radical (unpaired) electrons. The molecule has 1 unspecified atom stereocenters. The van der Waals surface area contributed by atoms with Crippen LogP contribution in [0, 0.1) is 5.82 Å². The Labute approximate surface area is 159 Å². The van der Waals surface area contributed by atoms with Gasteiger partial charge < -0.3 is 15.0 Å². The monoisotopic (exact) mass is 400 g/mol. The van der Waals surface area contributed by atoms with Crippen LogP contribution in [0.1, 0.15) is 6.92 Å². The summed E-state index contributed by atoms with van der Waals surface area (Å²) in [6.45, 7) is 1.21. The van der Waals surface area contributed by atoms with Crippen molar-refractivity contribution in [1.29, 1.82) is 0 Å². The number of hydrogen-bond acceptors (Lipinski definition) is 6. The molecule has 10 heteroatoms. The van der Waals surface area contributed by atoms with Crippen molar-refractivity contribution in [1.82, 2.24) is 10.2 Å². The summed E-state index contributed by atoms with van der Waals surface area (Å²) in [6, 6.07) is 6.93. The molecular formula is C16H15Cl2FN4O3. The van der Waals surface area contributed by atoms with Crippen molar-refractivity contribution in [3.63, 3.8) is 0 Å². The number of amides is 1. The molecule has 1 amide bonds. The molecule has 1 N–H and O–H groups in total. The summed E-state index contributed by atoms with van der Waals surface area (Å²) < 4.78 is 18.7. The third-order valence-electron chi connectivity index (χ3n) is 3.24. The van der Waals surface area contributed by atoms with Gasteiger partial charge in [0.05, 0.1) is 5.69 Å². The van der Waals surface area contributed by atoms with Gasteiger partial charge in [-0.15, -0.1) is 10.2 Å². The topological polar surface area (TPSA) is 84.4 Å². The SMILES string of the molecule is CC(OC(=O)CN(C)c1ccc(Cl)nn1)C(=O)Nc1ccc(Cl)cc1F. The quantitative estimate of drug-likeness (QED) is 0.750. The summed E-state index contributed by atoms with van der Waals surface area (Å²) in [5, 5.41) is 10.3. The number of carbonyl (C=O) groups excluding carboxylic acids is 2. The van der Waals surface area contributed by atoms with Gasteiger partial charge >= 0.3 is 5.97 Å². The average molecular weight is 401 g/mol. The van der Waals surface area contributed by atoms with E-state index in [9.17, 15) is 14.0 Å². The first-order valence-corrected chi connectivity index (χ1v) is 8.17. The lowest BCUT2D eigenvalue weighted by Crippen LogP contribution is -2.35. The lowest BCUT2D eigenvalue weighted by atomic mass is 10.3. The molecular weight excluding hydrogens is 386 g/mol. The third-order valence-corrected chi connectivity index (χ3v) is 3.68. The number of rotatable bonds is 6. The van der Waals surface area contributed by atoms with E-state index in [0.717, 1.165) is 6.07 Å². The predicted molar refractivity (Wildman–Crippen MR) is 95.9 cm³/mol. The van der Waals surface area contributed by atoms with E-state index in [0.29, 0.717) is 5.82 Å². The first kappa shape index (κ1) is 19.9. The molecule has 7 nitrogen and oxygen atoms in total. The molecule has 0 fully saturated rings. The van der Waals surface area contributed by atoms with Crippen LogP contribution < -0.4 is 10.2 Å². The van der Waals surface area contributed by atoms with Crippen molar-refractivity contribution in [2.45, 2.75) is 13.0 Å². The van der Waals surface area contributed by atoms with E-state index in [2.05, 4.69) is 15.5 Å². The highest BCUT2D eigenvalue weighted by molar-refractivity contribution is 6.30. The minimum atomic E-state index is -1.12. The molecule has 0 saturated carbocycles. The number of halogens is 3. The second kappa shape index (κ2) is 8.77. The molecule has 2 rings (SSSR count). The van der Waals surface area contributed by atoms with E-state index in [-0.39, 0.29) is 22.4 Å². The second-order valence-electron chi connectivity index (χ2n) is 5.32. The smallest absolute Gasteiger partial charge is 0.326 e. The van der Waals surface area contributed by atoms with E-state index in [4.69, 9.17) is 27.9 Å². The Kier molecular flexibility index (Phi) is 6.70. The normalized spacial score (nSPS) is 11.6. The fourth-order valence-electron chi connectivity index (χ4n) is 1.90. The van der Waals surface area contributed by atoms with Gasteiger partial charge in [-0.25, -0.2) is 4.39 Å². The third kappa shape index (κ3) is 5.53. The molecule has 1 aromatic carbocycles. The molecule has 0 aliphatic carbocycles. The molecule has 26 heavy (non-hydrogen) atoms. The minimum Gasteiger partial charge on any atom is -0.451 e. The number of nitrogens with one attached hydrogen (secondary N) is 1. The van der Waals surface area contributed by atoms with E-state index in [1.54, 1.807) is 13.1 Å². The zero-order valence-corrected chi connectivity index (χ0v) is 15.4. The molecule has 138 valence electrons. The highest BCUT2D eigenvalue weighted by atomic mass is 35.5. The molecule has 0 saturated heterocycles. The Balaban J connectivity index is 1.89. The van der Waals surface area contributed by atoms with E-state index in [1.165, 1.54) is 30.0 Å². The van der Waals surface area contributed by atoms with Crippen LogP contribution in [0.15, 0.2) is 30.3 Å². The fourth-order valence-corrected chi connectivity index (χ4v) is 2.16. The van der Waals surface area contributed by atoms with Gasteiger partial charge in [-0.3, -0.25) is 9.59 Å². The van der Waals surface area contributed by atoms with Crippen LogP contribution in [0.4, 0.5) is 15.9 Å². The highest BCUT2D eigenvalue weighted by Gasteiger charge is 2.20. The number of hydrogen-bond donors (Lipinski definition) is 1. The van der Waals surface area contributed by atoms with Crippen molar-refractivity contribution in [2.24, 2.45) is 0 Å². The van der Waals surface area contributed by atoms with Gasteiger partial charge in [-0.05, 0) is 37.3 Å². The van der Waals surface area contributed by atoms with Gasteiger partial charge in [-0.1, -0.05) is 23.2 Å². The molecule has 1 aromatic heterocycles. The van der Waals surface area contributed by atoms with Crippen LogP contribution >= 0.6 is 23.2 Å². The molecule has 0 bridgehead atoms. The van der Waals surface area contributed by atoms with Gasteiger partial charge in [0.25, 0.3) is 5.91 Å². The average Bonchev–Trinajstić information content (AvgIpc) is 2.57. The van der Waals surface area contributed by atoms with Crippen molar-refractivity contribution in [2.75, 3.05) is 23.8 Å². The van der Waals surface area contributed by atoms with Gasteiger partial charge in [-0.2, -0.15) is 0 Å². The zero-order valence-electron chi connectivity index (χ0n) is 13.9. The number of anilines is 2. The van der Waals surface area contributed by atoms with E-state index in [1.807, 2.05) is 0 Å². The summed E-state index contributed by atoms with van der Waals surface area (Å²) in [7, 11) is 1.60. The molecule has 1 heterocycles. The number of likely N-dealkylation sites (N-methyl/N-ethyl adjacent to an activating group) is 1. The first-order valence-electron chi connectivity index (χ1n) is 7.42. The van der Waals surface area contributed by atoms with Crippen LogP contribution in [-0.2, 0) is 14.3 Å². The Bertz CT molecular complexity index is 805. The van der Waals surface area contributed by atoms with Crippen molar-refractivity contribution >= 4 is 46.6 Å². The predicted octanol–water partition coefficient (Wildman–Crippen LogP) is 2.93. The van der Waals surface area contributed by atoms with Gasteiger partial charge in [0.1, 0.15) is 12.4 Å². The summed E-state index contributed by atoms with van der Waals surface area (Å²) in [5.74, 6) is -1.62. The van der Waals surface area contributed by atoms with Gasteiger partial charge in [0, 0.05) is 12.1 Å². The van der Waals surface area contributed by atoms with Crippen LogP contribution in [0.3, 0.4) is 0 Å².